The van der Waals surface area contributed by atoms with Gasteiger partial charge in [-0.05, 0) is 18.0 Å². The summed E-state index contributed by atoms with van der Waals surface area (Å²) in [5, 5.41) is 23.1. The maximum atomic E-state index is 11.0. The Morgan fingerprint density at radius 2 is 2.32 bits per heavy atom. The highest BCUT2D eigenvalue weighted by Crippen LogP contribution is 2.24. The number of azide groups is 1. The summed E-state index contributed by atoms with van der Waals surface area (Å²) >= 11 is 0. The number of hydrogen-bond acceptors (Lipinski definition) is 4. The molecule has 0 aliphatic carbocycles. The second-order valence-corrected chi connectivity index (χ2v) is 3.45. The molecule has 1 aromatic rings. The van der Waals surface area contributed by atoms with E-state index in [4.69, 9.17) is 10.6 Å². The van der Waals surface area contributed by atoms with Crippen LogP contribution in [0.15, 0.2) is 29.4 Å². The lowest BCUT2D eigenvalue weighted by Gasteiger charge is -2.02. The average Bonchev–Trinajstić information content (AvgIpc) is 2.38. The third-order valence-corrected chi connectivity index (χ3v) is 2.25. The first kappa shape index (κ1) is 14.2. The standard InChI is InChI=1S/C11H10N4O4/c12-14-13-7-2-1-4-8-9(11(16)17)5-3-6-10(8)15(18)19/h1,3-6H,2,7H2,(H,16,17). The lowest BCUT2D eigenvalue weighted by molar-refractivity contribution is -0.385. The molecule has 0 heterocycles. The highest BCUT2D eigenvalue weighted by atomic mass is 16.6. The van der Waals surface area contributed by atoms with Crippen molar-refractivity contribution in [2.75, 3.05) is 6.54 Å². The molecular formula is C11H10N4O4. The molecule has 98 valence electrons. The summed E-state index contributed by atoms with van der Waals surface area (Å²) in [4.78, 5) is 23.8. The summed E-state index contributed by atoms with van der Waals surface area (Å²) in [6.07, 6.45) is 3.26. The second-order valence-electron chi connectivity index (χ2n) is 3.45. The fraction of sp³-hybridized carbons (Fsp3) is 0.182. The Morgan fingerprint density at radius 3 is 2.89 bits per heavy atom. The molecule has 0 aliphatic heterocycles. The van der Waals surface area contributed by atoms with Gasteiger partial charge in [0.15, 0.2) is 0 Å². The van der Waals surface area contributed by atoms with Crippen LogP contribution in [0.3, 0.4) is 0 Å². The summed E-state index contributed by atoms with van der Waals surface area (Å²) in [6.45, 7) is 0.204. The number of nitrogens with zero attached hydrogens (tertiary/aromatic N) is 4. The molecule has 0 amide bonds. The van der Waals surface area contributed by atoms with Crippen molar-refractivity contribution in [3.05, 3.63) is 56.0 Å². The van der Waals surface area contributed by atoms with Gasteiger partial charge in [0.05, 0.1) is 16.1 Å². The first-order valence-corrected chi connectivity index (χ1v) is 5.26. The predicted molar refractivity (Wildman–Crippen MR) is 67.7 cm³/mol. The molecule has 1 N–H and O–H groups in total. The van der Waals surface area contributed by atoms with Gasteiger partial charge in [-0.15, -0.1) is 0 Å². The molecule has 0 aromatic heterocycles. The van der Waals surface area contributed by atoms with Crippen LogP contribution in [0.2, 0.25) is 0 Å². The van der Waals surface area contributed by atoms with E-state index in [1.54, 1.807) is 0 Å². The van der Waals surface area contributed by atoms with Crippen molar-refractivity contribution in [1.82, 2.24) is 0 Å². The number of aromatic carboxylic acids is 1. The van der Waals surface area contributed by atoms with Gasteiger partial charge in [-0.3, -0.25) is 10.1 Å². The fourth-order valence-corrected chi connectivity index (χ4v) is 1.45. The van der Waals surface area contributed by atoms with E-state index in [9.17, 15) is 14.9 Å². The molecule has 0 bridgehead atoms. The second kappa shape index (κ2) is 6.77. The van der Waals surface area contributed by atoms with Crippen LogP contribution in [-0.4, -0.2) is 22.5 Å². The van der Waals surface area contributed by atoms with Crippen molar-refractivity contribution in [2.45, 2.75) is 6.42 Å². The molecule has 0 fully saturated rings. The molecule has 8 nitrogen and oxygen atoms in total. The van der Waals surface area contributed by atoms with E-state index in [2.05, 4.69) is 10.0 Å². The molecule has 1 aromatic carbocycles. The maximum absolute atomic E-state index is 11.0. The van der Waals surface area contributed by atoms with Crippen LogP contribution >= 0.6 is 0 Å². The van der Waals surface area contributed by atoms with Gasteiger partial charge >= 0.3 is 5.97 Å². The number of hydrogen-bond donors (Lipinski definition) is 1. The Balaban J connectivity index is 3.11. The van der Waals surface area contributed by atoms with Gasteiger partial charge in [0, 0.05) is 17.5 Å². The van der Waals surface area contributed by atoms with Gasteiger partial charge in [-0.25, -0.2) is 4.79 Å². The number of carboxylic acid groups (broad SMARTS) is 1. The van der Waals surface area contributed by atoms with Crippen LogP contribution in [0.5, 0.6) is 0 Å². The minimum Gasteiger partial charge on any atom is -0.478 e. The van der Waals surface area contributed by atoms with E-state index in [0.29, 0.717) is 6.42 Å². The Morgan fingerprint density at radius 1 is 1.58 bits per heavy atom. The highest BCUT2D eigenvalue weighted by Gasteiger charge is 2.18. The van der Waals surface area contributed by atoms with Gasteiger partial charge in [0.1, 0.15) is 0 Å². The maximum Gasteiger partial charge on any atom is 0.336 e. The van der Waals surface area contributed by atoms with E-state index in [1.165, 1.54) is 30.4 Å². The minimum absolute atomic E-state index is 0.0286. The van der Waals surface area contributed by atoms with Crippen LogP contribution in [0.1, 0.15) is 22.3 Å². The topological polar surface area (TPSA) is 129 Å². The fourth-order valence-electron chi connectivity index (χ4n) is 1.45. The summed E-state index contributed by atoms with van der Waals surface area (Å²) in [7, 11) is 0. The number of carbonyl (C=O) groups is 1. The monoisotopic (exact) mass is 262 g/mol. The van der Waals surface area contributed by atoms with Crippen molar-refractivity contribution in [1.29, 1.82) is 0 Å². The van der Waals surface area contributed by atoms with Crippen LogP contribution in [0, 0.1) is 10.1 Å². The summed E-state index contributed by atoms with van der Waals surface area (Å²) in [5.41, 5.74) is 7.69. The third kappa shape index (κ3) is 3.83. The van der Waals surface area contributed by atoms with E-state index in [1.807, 2.05) is 0 Å². The SMILES string of the molecule is [N-]=[N+]=NCCC=Cc1c(C(=O)O)cccc1[N+](=O)[O-]. The van der Waals surface area contributed by atoms with E-state index < -0.39 is 10.9 Å². The van der Waals surface area contributed by atoms with Crippen molar-refractivity contribution < 1.29 is 14.8 Å². The lowest BCUT2D eigenvalue weighted by atomic mass is 10.0. The number of benzene rings is 1. The molecular weight excluding hydrogens is 252 g/mol. The summed E-state index contributed by atoms with van der Waals surface area (Å²) in [6, 6.07) is 3.85. The van der Waals surface area contributed by atoms with Gasteiger partial charge in [-0.1, -0.05) is 23.3 Å². The van der Waals surface area contributed by atoms with Gasteiger partial charge < -0.3 is 5.11 Å². The summed E-state index contributed by atoms with van der Waals surface area (Å²) in [5.74, 6) is -1.24. The van der Waals surface area contributed by atoms with Crippen molar-refractivity contribution >= 4 is 17.7 Å². The van der Waals surface area contributed by atoms with Crippen LogP contribution in [-0.2, 0) is 0 Å². The number of nitro benzene ring substituents is 1. The Hall–Kier alpha value is -2.86. The Labute approximate surface area is 107 Å². The van der Waals surface area contributed by atoms with E-state index >= 15 is 0 Å². The van der Waals surface area contributed by atoms with E-state index in [-0.39, 0.29) is 23.4 Å². The zero-order chi connectivity index (χ0) is 14.3. The zero-order valence-electron chi connectivity index (χ0n) is 9.76. The average molecular weight is 262 g/mol. The minimum atomic E-state index is -1.24. The largest absolute Gasteiger partial charge is 0.478 e. The lowest BCUT2D eigenvalue weighted by Crippen LogP contribution is -2.02. The molecule has 0 spiro atoms. The molecule has 1 rings (SSSR count). The van der Waals surface area contributed by atoms with E-state index in [0.717, 1.165) is 0 Å². The quantitative estimate of drug-likeness (QED) is 0.211. The molecule has 19 heavy (non-hydrogen) atoms. The van der Waals surface area contributed by atoms with Crippen molar-refractivity contribution in [3.8, 4) is 0 Å². The molecule has 0 radical (unpaired) electrons. The smallest absolute Gasteiger partial charge is 0.336 e. The highest BCUT2D eigenvalue weighted by molar-refractivity contribution is 5.94. The van der Waals surface area contributed by atoms with Gasteiger partial charge in [-0.2, -0.15) is 0 Å². The third-order valence-electron chi connectivity index (χ3n) is 2.25. The Bertz CT molecular complexity index is 544. The first-order valence-electron chi connectivity index (χ1n) is 5.26. The number of carboxylic acids is 1. The molecule has 0 unspecified atom stereocenters. The predicted octanol–water partition coefficient (Wildman–Crippen LogP) is 3.01. The number of nitro groups is 1. The Kier molecular flexibility index (Phi) is 5.06. The van der Waals surface area contributed by atoms with Crippen LogP contribution in [0.4, 0.5) is 5.69 Å². The van der Waals surface area contributed by atoms with Crippen molar-refractivity contribution in [2.24, 2.45) is 5.11 Å². The zero-order valence-corrected chi connectivity index (χ0v) is 9.76. The van der Waals surface area contributed by atoms with Crippen LogP contribution < -0.4 is 0 Å². The van der Waals surface area contributed by atoms with Gasteiger partial charge in [0.25, 0.3) is 5.69 Å². The van der Waals surface area contributed by atoms with Gasteiger partial charge in [0.2, 0.25) is 0 Å². The summed E-state index contributed by atoms with van der Waals surface area (Å²) < 4.78 is 0. The van der Waals surface area contributed by atoms with Crippen molar-refractivity contribution in [3.63, 3.8) is 0 Å². The molecule has 0 saturated heterocycles. The molecule has 0 saturated carbocycles. The molecule has 0 atom stereocenters. The first-order chi connectivity index (χ1) is 9.07. The van der Waals surface area contributed by atoms with Crippen LogP contribution in [0.25, 0.3) is 16.5 Å². The normalized spacial score (nSPS) is 10.1. The molecule has 8 heteroatoms. The number of rotatable bonds is 6. The molecule has 0 aliphatic rings.